The van der Waals surface area contributed by atoms with Gasteiger partial charge in [-0.25, -0.2) is 0 Å². The van der Waals surface area contributed by atoms with Crippen LogP contribution in [0.3, 0.4) is 0 Å². The van der Waals surface area contributed by atoms with Crippen molar-refractivity contribution in [2.24, 2.45) is 7.05 Å². The topological polar surface area (TPSA) is 109 Å². The van der Waals surface area contributed by atoms with Crippen molar-refractivity contribution in [3.63, 3.8) is 0 Å². The second-order valence-electron chi connectivity index (χ2n) is 4.85. The van der Waals surface area contributed by atoms with Gasteiger partial charge in [-0.2, -0.15) is 10.1 Å². The van der Waals surface area contributed by atoms with Crippen molar-refractivity contribution >= 4 is 5.69 Å². The molecule has 0 saturated heterocycles. The van der Waals surface area contributed by atoms with Gasteiger partial charge in [0.25, 0.3) is 5.89 Å². The molecule has 0 aliphatic rings. The first kappa shape index (κ1) is 14.9. The van der Waals surface area contributed by atoms with E-state index >= 15 is 0 Å². The van der Waals surface area contributed by atoms with Crippen LogP contribution in [-0.2, 0) is 18.4 Å². The summed E-state index contributed by atoms with van der Waals surface area (Å²) in [5.41, 5.74) is 1.61. The molecule has 0 unspecified atom stereocenters. The van der Waals surface area contributed by atoms with Crippen molar-refractivity contribution in [3.8, 4) is 23.0 Å². The van der Waals surface area contributed by atoms with E-state index in [1.165, 1.54) is 10.9 Å². The standard InChI is InChI=1S/C14H13N5O4/c1-18-7-11(19(20)21)12(16-18)14-15-13(17-23-14)10-5-3-9(4-6-10)8-22-2/h3-7H,8H2,1-2H3. The monoisotopic (exact) mass is 315 g/mol. The Bertz CT molecular complexity index is 837. The minimum absolute atomic E-state index is 0.00766. The average molecular weight is 315 g/mol. The number of ether oxygens (including phenoxy) is 1. The summed E-state index contributed by atoms with van der Waals surface area (Å²) in [5.74, 6) is 0.345. The van der Waals surface area contributed by atoms with E-state index in [2.05, 4.69) is 15.2 Å². The van der Waals surface area contributed by atoms with Crippen molar-refractivity contribution in [3.05, 3.63) is 46.1 Å². The van der Waals surface area contributed by atoms with E-state index in [1.807, 2.05) is 24.3 Å². The van der Waals surface area contributed by atoms with Crippen molar-refractivity contribution in [1.29, 1.82) is 0 Å². The van der Waals surface area contributed by atoms with Crippen LogP contribution in [-0.4, -0.2) is 32.0 Å². The zero-order valence-electron chi connectivity index (χ0n) is 12.5. The molecular weight excluding hydrogens is 302 g/mol. The lowest BCUT2D eigenvalue weighted by atomic mass is 10.1. The average Bonchev–Trinajstić information content (AvgIpc) is 3.15. The van der Waals surface area contributed by atoms with Gasteiger partial charge in [0.2, 0.25) is 11.5 Å². The Labute approximate surface area is 130 Å². The molecule has 0 spiro atoms. The molecule has 0 atom stereocenters. The van der Waals surface area contributed by atoms with Crippen LogP contribution in [0.4, 0.5) is 5.69 Å². The van der Waals surface area contributed by atoms with Crippen LogP contribution < -0.4 is 0 Å². The lowest BCUT2D eigenvalue weighted by Crippen LogP contribution is -1.90. The molecule has 3 aromatic rings. The third kappa shape index (κ3) is 2.94. The van der Waals surface area contributed by atoms with E-state index in [-0.39, 0.29) is 17.3 Å². The molecule has 0 fully saturated rings. The second kappa shape index (κ2) is 5.97. The molecule has 2 aromatic heterocycles. The van der Waals surface area contributed by atoms with Gasteiger partial charge in [0.05, 0.1) is 11.5 Å². The van der Waals surface area contributed by atoms with Crippen LogP contribution in [0, 0.1) is 10.1 Å². The molecule has 9 heteroatoms. The first-order valence-corrected chi connectivity index (χ1v) is 6.69. The van der Waals surface area contributed by atoms with Gasteiger partial charge in [0.1, 0.15) is 6.20 Å². The van der Waals surface area contributed by atoms with E-state index in [9.17, 15) is 10.1 Å². The fourth-order valence-electron chi connectivity index (χ4n) is 2.12. The van der Waals surface area contributed by atoms with E-state index in [4.69, 9.17) is 9.26 Å². The minimum atomic E-state index is -0.536. The van der Waals surface area contributed by atoms with Gasteiger partial charge in [-0.1, -0.05) is 29.4 Å². The van der Waals surface area contributed by atoms with Crippen molar-refractivity contribution in [1.82, 2.24) is 19.9 Å². The Morgan fingerprint density at radius 3 is 2.74 bits per heavy atom. The highest BCUT2D eigenvalue weighted by Gasteiger charge is 2.25. The number of aromatic nitrogens is 4. The predicted molar refractivity (Wildman–Crippen MR) is 79.3 cm³/mol. The maximum atomic E-state index is 11.0. The fourth-order valence-corrected chi connectivity index (χ4v) is 2.12. The van der Waals surface area contributed by atoms with Crippen molar-refractivity contribution in [2.45, 2.75) is 6.61 Å². The molecule has 0 saturated carbocycles. The summed E-state index contributed by atoms with van der Waals surface area (Å²) in [7, 11) is 3.21. The lowest BCUT2D eigenvalue weighted by molar-refractivity contribution is -0.384. The number of methoxy groups -OCH3 is 1. The Morgan fingerprint density at radius 1 is 1.35 bits per heavy atom. The molecule has 0 aliphatic carbocycles. The van der Waals surface area contributed by atoms with Crippen LogP contribution in [0.5, 0.6) is 0 Å². The maximum absolute atomic E-state index is 11.0. The SMILES string of the molecule is COCc1ccc(-c2noc(-c3nn(C)cc3[N+](=O)[O-])n2)cc1. The zero-order valence-corrected chi connectivity index (χ0v) is 12.5. The molecule has 23 heavy (non-hydrogen) atoms. The quantitative estimate of drug-likeness (QED) is 0.524. The highest BCUT2D eigenvalue weighted by molar-refractivity contribution is 5.64. The Balaban J connectivity index is 1.93. The molecule has 0 bridgehead atoms. The highest BCUT2D eigenvalue weighted by atomic mass is 16.6. The lowest BCUT2D eigenvalue weighted by Gasteiger charge is -1.99. The predicted octanol–water partition coefficient (Wildman–Crippen LogP) is 2.19. The molecule has 0 radical (unpaired) electrons. The Hall–Kier alpha value is -3.07. The van der Waals surface area contributed by atoms with E-state index in [1.54, 1.807) is 14.2 Å². The number of hydrogen-bond acceptors (Lipinski definition) is 7. The number of aryl methyl sites for hydroxylation is 1. The van der Waals surface area contributed by atoms with Gasteiger partial charge in [-0.15, -0.1) is 0 Å². The third-order valence-corrected chi connectivity index (χ3v) is 3.16. The minimum Gasteiger partial charge on any atom is -0.380 e. The van der Waals surface area contributed by atoms with Crippen LogP contribution in [0.15, 0.2) is 35.0 Å². The molecular formula is C14H13N5O4. The van der Waals surface area contributed by atoms with Gasteiger partial charge < -0.3 is 9.26 Å². The van der Waals surface area contributed by atoms with Crippen LogP contribution in [0.25, 0.3) is 23.0 Å². The summed E-state index contributed by atoms with van der Waals surface area (Å²) in [5, 5.41) is 18.9. The summed E-state index contributed by atoms with van der Waals surface area (Å²) in [4.78, 5) is 14.7. The molecule has 2 heterocycles. The third-order valence-electron chi connectivity index (χ3n) is 3.16. The second-order valence-corrected chi connectivity index (χ2v) is 4.85. The van der Waals surface area contributed by atoms with Crippen LogP contribution in [0.2, 0.25) is 0 Å². The van der Waals surface area contributed by atoms with Crippen molar-refractivity contribution < 1.29 is 14.2 Å². The number of hydrogen-bond donors (Lipinski definition) is 0. The first-order chi connectivity index (χ1) is 11.1. The summed E-state index contributed by atoms with van der Waals surface area (Å²) in [6.07, 6.45) is 1.29. The van der Waals surface area contributed by atoms with E-state index in [0.717, 1.165) is 11.1 Å². The summed E-state index contributed by atoms with van der Waals surface area (Å²) >= 11 is 0. The molecule has 1 aromatic carbocycles. The van der Waals surface area contributed by atoms with Gasteiger partial charge in [0, 0.05) is 19.7 Å². The van der Waals surface area contributed by atoms with Gasteiger partial charge in [-0.3, -0.25) is 14.8 Å². The maximum Gasteiger partial charge on any atom is 0.320 e. The smallest absolute Gasteiger partial charge is 0.320 e. The largest absolute Gasteiger partial charge is 0.380 e. The number of nitrogens with zero attached hydrogens (tertiary/aromatic N) is 5. The van der Waals surface area contributed by atoms with Gasteiger partial charge in [0.15, 0.2) is 0 Å². The van der Waals surface area contributed by atoms with Gasteiger partial charge in [-0.05, 0) is 5.56 Å². The molecule has 3 rings (SSSR count). The van der Waals surface area contributed by atoms with Crippen molar-refractivity contribution in [2.75, 3.05) is 7.11 Å². The zero-order chi connectivity index (χ0) is 16.4. The Kier molecular flexibility index (Phi) is 3.85. The molecule has 0 amide bonds. The molecule has 0 aliphatic heterocycles. The summed E-state index contributed by atoms with van der Waals surface area (Å²) in [6.45, 7) is 0.512. The van der Waals surface area contributed by atoms with Gasteiger partial charge >= 0.3 is 5.69 Å². The number of benzene rings is 1. The molecule has 9 nitrogen and oxygen atoms in total. The molecule has 118 valence electrons. The number of rotatable bonds is 5. The van der Waals surface area contributed by atoms with Crippen LogP contribution >= 0.6 is 0 Å². The Morgan fingerprint density at radius 2 is 2.09 bits per heavy atom. The van der Waals surface area contributed by atoms with E-state index < -0.39 is 4.92 Å². The van der Waals surface area contributed by atoms with E-state index in [0.29, 0.717) is 12.4 Å². The summed E-state index contributed by atoms with van der Waals surface area (Å²) < 4.78 is 11.5. The highest BCUT2D eigenvalue weighted by Crippen LogP contribution is 2.28. The first-order valence-electron chi connectivity index (χ1n) is 6.69. The number of nitro groups is 1. The molecule has 0 N–H and O–H groups in total. The fraction of sp³-hybridized carbons (Fsp3) is 0.214. The normalized spacial score (nSPS) is 10.9. The van der Waals surface area contributed by atoms with Crippen LogP contribution in [0.1, 0.15) is 5.56 Å². The summed E-state index contributed by atoms with van der Waals surface area (Å²) in [6, 6.07) is 7.43.